The Morgan fingerprint density at radius 1 is 1.46 bits per heavy atom. The molecule has 0 unspecified atom stereocenters. The lowest BCUT2D eigenvalue weighted by molar-refractivity contribution is -0.134. The molecule has 2 heterocycles. The van der Waals surface area contributed by atoms with Gasteiger partial charge in [0, 0.05) is 12.5 Å². The summed E-state index contributed by atoms with van der Waals surface area (Å²) in [6.07, 6.45) is 6.98. The molecule has 2 saturated heterocycles. The van der Waals surface area contributed by atoms with Crippen LogP contribution in [0.3, 0.4) is 0 Å². The van der Waals surface area contributed by atoms with Crippen LogP contribution in [-0.4, -0.2) is 29.3 Å². The lowest BCUT2D eigenvalue weighted by atomic mass is 9.82. The third kappa shape index (κ3) is 0.762. The summed E-state index contributed by atoms with van der Waals surface area (Å²) in [5.74, 6) is 1.25. The number of likely N-dealkylation sites (N-methyl/N-ethyl adjacent to an activating group) is 1. The first-order valence-corrected chi connectivity index (χ1v) is 5.51. The molecule has 0 radical (unpaired) electrons. The number of ketones is 1. The van der Waals surface area contributed by atoms with Gasteiger partial charge in [-0.3, -0.25) is 9.69 Å². The van der Waals surface area contributed by atoms with Gasteiger partial charge in [-0.25, -0.2) is 0 Å². The van der Waals surface area contributed by atoms with Crippen LogP contribution in [0.1, 0.15) is 38.5 Å². The van der Waals surface area contributed by atoms with E-state index in [1.165, 1.54) is 19.3 Å². The molecule has 0 aromatic carbocycles. The van der Waals surface area contributed by atoms with Gasteiger partial charge in [0.15, 0.2) is 5.78 Å². The Morgan fingerprint density at radius 2 is 2.31 bits per heavy atom. The number of hydrogen-bond acceptors (Lipinski definition) is 2. The fraction of sp³-hybridized carbons (Fsp3) is 0.909. The summed E-state index contributed by atoms with van der Waals surface area (Å²) in [6.45, 7) is 0. The SMILES string of the molecule is CN1[C@@H]2CCC(=O)[C@]13CCC[C@@H]3C2. The number of nitrogens with zero attached hydrogens (tertiary/aromatic N) is 1. The number of fused-ring (bicyclic) bond motifs is 1. The predicted octanol–water partition coefficient (Wildman–Crippen LogP) is 1.59. The van der Waals surface area contributed by atoms with Crippen LogP contribution in [0.4, 0.5) is 0 Å². The average molecular weight is 179 g/mol. The van der Waals surface area contributed by atoms with E-state index in [1.807, 2.05) is 0 Å². The minimum atomic E-state index is 0.0168. The summed E-state index contributed by atoms with van der Waals surface area (Å²) in [6, 6.07) is 0.725. The summed E-state index contributed by atoms with van der Waals surface area (Å²) in [4.78, 5) is 14.4. The highest BCUT2D eigenvalue weighted by Gasteiger charge is 2.59. The lowest BCUT2D eigenvalue weighted by Gasteiger charge is -2.40. The molecular formula is C11H17NO. The van der Waals surface area contributed by atoms with Gasteiger partial charge in [0.25, 0.3) is 0 Å². The predicted molar refractivity (Wildman–Crippen MR) is 50.5 cm³/mol. The Labute approximate surface area is 79.3 Å². The van der Waals surface area contributed by atoms with E-state index in [0.29, 0.717) is 11.7 Å². The molecule has 2 aliphatic heterocycles. The second-order valence-corrected chi connectivity index (χ2v) is 4.98. The van der Waals surface area contributed by atoms with Crippen LogP contribution in [0.5, 0.6) is 0 Å². The number of hydrogen-bond donors (Lipinski definition) is 0. The Hall–Kier alpha value is -0.370. The second-order valence-electron chi connectivity index (χ2n) is 4.98. The van der Waals surface area contributed by atoms with Crippen molar-refractivity contribution in [3.05, 3.63) is 0 Å². The van der Waals surface area contributed by atoms with Crippen molar-refractivity contribution >= 4 is 5.78 Å². The zero-order chi connectivity index (χ0) is 9.05. The average Bonchev–Trinajstić information content (AvgIpc) is 2.58. The maximum Gasteiger partial charge on any atom is 0.153 e. The summed E-state index contributed by atoms with van der Waals surface area (Å²) in [5, 5.41) is 0. The molecule has 3 fully saturated rings. The van der Waals surface area contributed by atoms with E-state index in [-0.39, 0.29) is 5.54 Å². The van der Waals surface area contributed by atoms with Gasteiger partial charge >= 0.3 is 0 Å². The first-order chi connectivity index (χ1) is 6.25. The van der Waals surface area contributed by atoms with Crippen molar-refractivity contribution in [2.75, 3.05) is 7.05 Å². The smallest absolute Gasteiger partial charge is 0.153 e. The summed E-state index contributed by atoms with van der Waals surface area (Å²) in [7, 11) is 2.17. The van der Waals surface area contributed by atoms with Crippen LogP contribution in [0.25, 0.3) is 0 Å². The van der Waals surface area contributed by atoms with E-state index in [1.54, 1.807) is 0 Å². The highest BCUT2D eigenvalue weighted by molar-refractivity contribution is 5.90. The van der Waals surface area contributed by atoms with Crippen LogP contribution in [0, 0.1) is 5.92 Å². The molecule has 0 amide bonds. The third-order valence-electron chi connectivity index (χ3n) is 4.71. The van der Waals surface area contributed by atoms with Crippen molar-refractivity contribution in [2.24, 2.45) is 5.92 Å². The molecular weight excluding hydrogens is 162 g/mol. The van der Waals surface area contributed by atoms with E-state index in [0.717, 1.165) is 25.3 Å². The Morgan fingerprint density at radius 3 is 3.15 bits per heavy atom. The fourth-order valence-electron chi connectivity index (χ4n) is 4.04. The van der Waals surface area contributed by atoms with Crippen molar-refractivity contribution < 1.29 is 4.79 Å². The van der Waals surface area contributed by atoms with Gasteiger partial charge in [-0.2, -0.15) is 0 Å². The minimum Gasteiger partial charge on any atom is -0.298 e. The van der Waals surface area contributed by atoms with Crippen molar-refractivity contribution in [1.29, 1.82) is 0 Å². The molecule has 1 aliphatic carbocycles. The van der Waals surface area contributed by atoms with Gasteiger partial charge in [-0.05, 0) is 38.6 Å². The highest BCUT2D eigenvalue weighted by atomic mass is 16.1. The summed E-state index contributed by atoms with van der Waals surface area (Å²) >= 11 is 0. The van der Waals surface area contributed by atoms with E-state index >= 15 is 0 Å². The van der Waals surface area contributed by atoms with Crippen LogP contribution >= 0.6 is 0 Å². The normalized spacial score (nSPS) is 49.8. The van der Waals surface area contributed by atoms with Gasteiger partial charge in [-0.1, -0.05) is 6.42 Å². The molecule has 0 aromatic rings. The van der Waals surface area contributed by atoms with Crippen molar-refractivity contribution in [3.8, 4) is 0 Å². The molecule has 2 bridgehead atoms. The molecule has 3 rings (SSSR count). The molecule has 3 atom stereocenters. The maximum absolute atomic E-state index is 12.0. The monoisotopic (exact) mass is 179 g/mol. The van der Waals surface area contributed by atoms with Crippen LogP contribution < -0.4 is 0 Å². The molecule has 1 spiro atoms. The molecule has 2 heteroatoms. The first kappa shape index (κ1) is 7.98. The van der Waals surface area contributed by atoms with Crippen LogP contribution in [0.15, 0.2) is 0 Å². The van der Waals surface area contributed by atoms with Gasteiger partial charge in [0.05, 0.1) is 5.54 Å². The molecule has 2 nitrogen and oxygen atoms in total. The molecule has 0 N–H and O–H groups in total. The fourth-order valence-corrected chi connectivity index (χ4v) is 4.04. The highest BCUT2D eigenvalue weighted by Crippen LogP contribution is 2.53. The maximum atomic E-state index is 12.0. The quantitative estimate of drug-likeness (QED) is 0.563. The van der Waals surface area contributed by atoms with Gasteiger partial charge in [0.1, 0.15) is 0 Å². The van der Waals surface area contributed by atoms with Crippen molar-refractivity contribution in [3.63, 3.8) is 0 Å². The minimum absolute atomic E-state index is 0.0168. The number of rotatable bonds is 0. The number of carbonyl (C=O) groups is 1. The van der Waals surface area contributed by atoms with E-state index in [2.05, 4.69) is 11.9 Å². The van der Waals surface area contributed by atoms with E-state index in [4.69, 9.17) is 0 Å². The Bertz CT molecular complexity index is 259. The zero-order valence-electron chi connectivity index (χ0n) is 8.25. The standard InChI is InChI=1S/C11H17NO/c1-12-9-4-5-10(13)11(12)6-2-3-8(11)7-9/h8-9H,2-7H2,1H3/t8-,9-,11-/m1/s1. The number of Topliss-reactive ketones (excluding diaryl/α,β-unsaturated/α-hetero) is 1. The number of carbonyl (C=O) groups excluding carboxylic acids is 1. The largest absolute Gasteiger partial charge is 0.298 e. The van der Waals surface area contributed by atoms with Crippen LogP contribution in [-0.2, 0) is 4.79 Å². The van der Waals surface area contributed by atoms with Gasteiger partial charge < -0.3 is 0 Å². The Balaban J connectivity index is 2.07. The first-order valence-electron chi connectivity index (χ1n) is 5.51. The van der Waals surface area contributed by atoms with Crippen LogP contribution in [0.2, 0.25) is 0 Å². The molecule has 1 saturated carbocycles. The number of piperidine rings is 1. The molecule has 72 valence electrons. The van der Waals surface area contributed by atoms with E-state index < -0.39 is 0 Å². The van der Waals surface area contributed by atoms with E-state index in [9.17, 15) is 4.79 Å². The second kappa shape index (κ2) is 2.35. The molecule has 3 aliphatic rings. The van der Waals surface area contributed by atoms with Gasteiger partial charge in [-0.15, -0.1) is 0 Å². The molecule has 13 heavy (non-hydrogen) atoms. The topological polar surface area (TPSA) is 20.3 Å². The molecule has 0 aromatic heterocycles. The van der Waals surface area contributed by atoms with Gasteiger partial charge in [0.2, 0.25) is 0 Å². The summed E-state index contributed by atoms with van der Waals surface area (Å²) < 4.78 is 0. The third-order valence-corrected chi connectivity index (χ3v) is 4.71. The van der Waals surface area contributed by atoms with Crippen molar-refractivity contribution in [2.45, 2.75) is 50.1 Å². The summed E-state index contributed by atoms with van der Waals surface area (Å²) in [5.41, 5.74) is 0.0168. The van der Waals surface area contributed by atoms with Crippen molar-refractivity contribution in [1.82, 2.24) is 4.90 Å². The zero-order valence-corrected chi connectivity index (χ0v) is 8.25. The lowest BCUT2D eigenvalue weighted by Crippen LogP contribution is -2.55. The Kier molecular flexibility index (Phi) is 1.44.